The molecule has 0 saturated carbocycles. The molecule has 0 amide bonds. The van der Waals surface area contributed by atoms with Gasteiger partial charge >= 0.3 is 0 Å². The molecule has 0 bridgehead atoms. The molecule has 0 aliphatic heterocycles. The molecule has 2 aromatic rings. The van der Waals surface area contributed by atoms with Crippen molar-refractivity contribution in [1.29, 1.82) is 0 Å². The number of H-pyrrole nitrogens is 1. The van der Waals surface area contributed by atoms with Crippen LogP contribution in [0.2, 0.25) is 0 Å². The van der Waals surface area contributed by atoms with Crippen LogP contribution in [0.3, 0.4) is 0 Å². The number of nitrogens with one attached hydrogen (secondary N) is 1. The van der Waals surface area contributed by atoms with Gasteiger partial charge in [-0.1, -0.05) is 53.7 Å². The van der Waals surface area contributed by atoms with E-state index in [2.05, 4.69) is 70.9 Å². The van der Waals surface area contributed by atoms with E-state index in [4.69, 9.17) is 0 Å². The van der Waals surface area contributed by atoms with Gasteiger partial charge in [0.25, 0.3) is 0 Å². The average molecular weight is 229 g/mol. The van der Waals surface area contributed by atoms with E-state index >= 15 is 0 Å². The molecule has 1 heteroatoms. The Balaban J connectivity index is 2.76. The maximum Gasteiger partial charge on any atom is 0.0494 e. The third-order valence-corrected chi connectivity index (χ3v) is 3.34. The van der Waals surface area contributed by atoms with E-state index < -0.39 is 0 Å². The second-order valence-electron chi connectivity index (χ2n) is 6.93. The van der Waals surface area contributed by atoms with Crippen molar-refractivity contribution in [1.82, 2.24) is 4.98 Å². The van der Waals surface area contributed by atoms with Crippen molar-refractivity contribution >= 4 is 10.9 Å². The molecular weight excluding hydrogens is 206 g/mol. The zero-order valence-corrected chi connectivity index (χ0v) is 11.8. The number of benzene rings is 1. The molecule has 1 aromatic heterocycles. The lowest BCUT2D eigenvalue weighted by molar-refractivity contribution is 0.585. The molecule has 0 spiro atoms. The number of hydrogen-bond donors (Lipinski definition) is 1. The second-order valence-corrected chi connectivity index (χ2v) is 6.93. The summed E-state index contributed by atoms with van der Waals surface area (Å²) >= 11 is 0. The summed E-state index contributed by atoms with van der Waals surface area (Å²) in [5.74, 6) is 0. The molecule has 2 rings (SSSR count). The van der Waals surface area contributed by atoms with Crippen LogP contribution in [0.1, 0.15) is 52.7 Å². The Kier molecular flexibility index (Phi) is 2.61. The van der Waals surface area contributed by atoms with Crippen LogP contribution in [-0.2, 0) is 10.8 Å². The fourth-order valence-electron chi connectivity index (χ4n) is 2.44. The van der Waals surface area contributed by atoms with Crippen molar-refractivity contribution in [3.63, 3.8) is 0 Å². The fraction of sp³-hybridized carbons (Fsp3) is 0.500. The lowest BCUT2D eigenvalue weighted by atomic mass is 9.80. The Labute approximate surface area is 104 Å². The van der Waals surface area contributed by atoms with Gasteiger partial charge in [0, 0.05) is 17.1 Å². The van der Waals surface area contributed by atoms with Crippen LogP contribution in [0, 0.1) is 0 Å². The van der Waals surface area contributed by atoms with Gasteiger partial charge in [-0.3, -0.25) is 0 Å². The van der Waals surface area contributed by atoms with Gasteiger partial charge in [-0.15, -0.1) is 0 Å². The molecule has 0 fully saturated rings. The molecule has 0 aliphatic rings. The maximum absolute atomic E-state index is 3.41. The molecular formula is C16H23N. The molecule has 1 N–H and O–H groups in total. The molecule has 0 aliphatic carbocycles. The van der Waals surface area contributed by atoms with E-state index in [1.54, 1.807) is 0 Å². The van der Waals surface area contributed by atoms with Crippen LogP contribution >= 0.6 is 0 Å². The van der Waals surface area contributed by atoms with Gasteiger partial charge in [0.2, 0.25) is 0 Å². The fourth-order valence-corrected chi connectivity index (χ4v) is 2.44. The third-order valence-electron chi connectivity index (χ3n) is 3.34. The van der Waals surface area contributed by atoms with Crippen molar-refractivity contribution in [3.05, 3.63) is 35.5 Å². The Morgan fingerprint density at radius 3 is 1.82 bits per heavy atom. The van der Waals surface area contributed by atoms with E-state index in [0.717, 1.165) is 0 Å². The normalized spacial score (nSPS) is 13.3. The van der Waals surface area contributed by atoms with Gasteiger partial charge in [0.1, 0.15) is 0 Å². The van der Waals surface area contributed by atoms with Crippen molar-refractivity contribution < 1.29 is 0 Å². The Hall–Kier alpha value is -1.24. The van der Waals surface area contributed by atoms with E-state index in [1.807, 2.05) is 0 Å². The monoisotopic (exact) mass is 229 g/mol. The van der Waals surface area contributed by atoms with E-state index in [0.29, 0.717) is 0 Å². The van der Waals surface area contributed by atoms with Crippen LogP contribution in [0.15, 0.2) is 24.4 Å². The van der Waals surface area contributed by atoms with Gasteiger partial charge in [-0.25, -0.2) is 0 Å². The highest BCUT2D eigenvalue weighted by molar-refractivity contribution is 5.87. The first kappa shape index (κ1) is 12.2. The lowest BCUT2D eigenvalue weighted by Crippen LogP contribution is -2.15. The molecule has 0 unspecified atom stereocenters. The molecule has 0 saturated heterocycles. The van der Waals surface area contributed by atoms with Crippen molar-refractivity contribution in [2.24, 2.45) is 0 Å². The van der Waals surface area contributed by atoms with Gasteiger partial charge in [0.05, 0.1) is 0 Å². The Morgan fingerprint density at radius 2 is 1.29 bits per heavy atom. The summed E-state index contributed by atoms with van der Waals surface area (Å²) in [7, 11) is 0. The summed E-state index contributed by atoms with van der Waals surface area (Å²) in [6, 6.07) is 6.77. The first-order valence-corrected chi connectivity index (χ1v) is 6.32. The Bertz CT molecular complexity index is 485. The highest BCUT2D eigenvalue weighted by atomic mass is 14.7. The summed E-state index contributed by atoms with van der Waals surface area (Å²) in [5.41, 5.74) is 4.48. The predicted octanol–water partition coefficient (Wildman–Crippen LogP) is 4.76. The van der Waals surface area contributed by atoms with Gasteiger partial charge in [0.15, 0.2) is 0 Å². The van der Waals surface area contributed by atoms with Crippen LogP contribution in [0.4, 0.5) is 0 Å². The van der Waals surface area contributed by atoms with Crippen LogP contribution in [0.25, 0.3) is 10.9 Å². The molecule has 17 heavy (non-hydrogen) atoms. The molecule has 1 aromatic carbocycles. The van der Waals surface area contributed by atoms with Gasteiger partial charge < -0.3 is 4.98 Å². The van der Waals surface area contributed by atoms with Gasteiger partial charge in [-0.05, 0) is 28.0 Å². The predicted molar refractivity (Wildman–Crippen MR) is 75.7 cm³/mol. The maximum atomic E-state index is 3.41. The molecule has 92 valence electrons. The van der Waals surface area contributed by atoms with E-state index in [-0.39, 0.29) is 10.8 Å². The summed E-state index contributed by atoms with van der Waals surface area (Å²) in [6.45, 7) is 13.6. The summed E-state index contributed by atoms with van der Waals surface area (Å²) < 4.78 is 0. The number of hydrogen-bond acceptors (Lipinski definition) is 0. The lowest BCUT2D eigenvalue weighted by Gasteiger charge is -2.25. The van der Waals surface area contributed by atoms with Crippen molar-refractivity contribution in [3.8, 4) is 0 Å². The Morgan fingerprint density at radius 1 is 0.765 bits per heavy atom. The first-order chi connectivity index (χ1) is 7.71. The minimum atomic E-state index is 0.180. The third kappa shape index (κ3) is 2.11. The van der Waals surface area contributed by atoms with E-state index in [9.17, 15) is 0 Å². The average Bonchev–Trinajstić information content (AvgIpc) is 2.60. The van der Waals surface area contributed by atoms with Crippen molar-refractivity contribution in [2.45, 2.75) is 52.4 Å². The highest BCUT2D eigenvalue weighted by Crippen LogP contribution is 2.35. The minimum absolute atomic E-state index is 0.180. The summed E-state index contributed by atoms with van der Waals surface area (Å²) in [6.07, 6.45) is 2.05. The number of rotatable bonds is 0. The number of aromatic nitrogens is 1. The summed E-state index contributed by atoms with van der Waals surface area (Å²) in [4.78, 5) is 3.41. The van der Waals surface area contributed by atoms with E-state index in [1.165, 1.54) is 22.0 Å². The van der Waals surface area contributed by atoms with Crippen LogP contribution in [-0.4, -0.2) is 4.98 Å². The smallest absolute Gasteiger partial charge is 0.0494 e. The first-order valence-electron chi connectivity index (χ1n) is 6.32. The molecule has 0 atom stereocenters. The minimum Gasteiger partial charge on any atom is -0.361 e. The number of aromatic amines is 1. The SMILES string of the molecule is CC(C)(C)c1ccc(C(C)(C)C)c2[nH]ccc12. The highest BCUT2D eigenvalue weighted by Gasteiger charge is 2.22. The van der Waals surface area contributed by atoms with Crippen molar-refractivity contribution in [2.75, 3.05) is 0 Å². The topological polar surface area (TPSA) is 15.8 Å². The zero-order chi connectivity index (χ0) is 12.8. The molecule has 1 heterocycles. The zero-order valence-electron chi connectivity index (χ0n) is 11.8. The molecule has 0 radical (unpaired) electrons. The largest absolute Gasteiger partial charge is 0.361 e. The van der Waals surface area contributed by atoms with Crippen LogP contribution < -0.4 is 0 Å². The summed E-state index contributed by atoms with van der Waals surface area (Å²) in [5, 5.41) is 1.37. The standard InChI is InChI=1S/C16H23N/c1-15(2,3)12-7-8-13(16(4,5)6)14-11(12)9-10-17-14/h7-10,17H,1-6H3. The quantitative estimate of drug-likeness (QED) is 0.670. The van der Waals surface area contributed by atoms with Crippen LogP contribution in [0.5, 0.6) is 0 Å². The molecule has 1 nitrogen and oxygen atoms in total. The second kappa shape index (κ2) is 3.63. The number of fused-ring (bicyclic) bond motifs is 1. The van der Waals surface area contributed by atoms with Gasteiger partial charge in [-0.2, -0.15) is 0 Å².